The van der Waals surface area contributed by atoms with E-state index in [1.165, 1.54) is 0 Å². The van der Waals surface area contributed by atoms with Crippen LogP contribution in [0, 0.1) is 0 Å². The van der Waals surface area contributed by atoms with Gasteiger partial charge in [0.2, 0.25) is 24.8 Å². The van der Waals surface area contributed by atoms with Crippen LogP contribution >= 0.6 is 0 Å². The standard InChI is InChI=1S/C8H6F6N2O2/c9-3(5(11)7(13)15-1-17)4(10)6(12)8(14)16-2-18/h3-8H. The maximum atomic E-state index is 12.9. The van der Waals surface area contributed by atoms with Crippen LogP contribution in [0.3, 0.4) is 0 Å². The van der Waals surface area contributed by atoms with Gasteiger partial charge < -0.3 is 0 Å². The number of aliphatic imine (C=N–C) groups is 2. The highest BCUT2D eigenvalue weighted by molar-refractivity contribution is 5.33. The van der Waals surface area contributed by atoms with Gasteiger partial charge in [0.15, 0.2) is 24.7 Å². The molecule has 0 saturated carbocycles. The van der Waals surface area contributed by atoms with Gasteiger partial charge in [0, 0.05) is 0 Å². The summed E-state index contributed by atoms with van der Waals surface area (Å²) in [5.41, 5.74) is 0. The maximum Gasteiger partial charge on any atom is 0.238 e. The summed E-state index contributed by atoms with van der Waals surface area (Å²) in [7, 11) is 0. The van der Waals surface area contributed by atoms with Crippen molar-refractivity contribution in [1.29, 1.82) is 0 Å². The molecule has 0 aliphatic heterocycles. The fourth-order valence-electron chi connectivity index (χ4n) is 0.898. The quantitative estimate of drug-likeness (QED) is 0.307. The zero-order chi connectivity index (χ0) is 14.3. The number of hydrogen-bond acceptors (Lipinski definition) is 4. The van der Waals surface area contributed by atoms with Crippen molar-refractivity contribution in [1.82, 2.24) is 0 Å². The number of alkyl halides is 6. The lowest BCUT2D eigenvalue weighted by molar-refractivity contribution is -0.0168. The molecule has 18 heavy (non-hydrogen) atoms. The highest BCUT2D eigenvalue weighted by atomic mass is 19.2. The summed E-state index contributed by atoms with van der Waals surface area (Å²) in [6.07, 6.45) is -18.6. The van der Waals surface area contributed by atoms with Crippen LogP contribution in [0.4, 0.5) is 26.3 Å². The van der Waals surface area contributed by atoms with Gasteiger partial charge in [-0.3, -0.25) is 0 Å². The minimum absolute atomic E-state index is 0.548. The topological polar surface area (TPSA) is 58.9 Å². The molecule has 0 rings (SSSR count). The highest BCUT2D eigenvalue weighted by Gasteiger charge is 2.43. The van der Waals surface area contributed by atoms with E-state index in [9.17, 15) is 35.9 Å². The van der Waals surface area contributed by atoms with Gasteiger partial charge in [0.25, 0.3) is 0 Å². The van der Waals surface area contributed by atoms with Crippen molar-refractivity contribution in [2.24, 2.45) is 9.98 Å². The molecule has 0 aliphatic rings. The Kier molecular flexibility index (Phi) is 6.92. The molecule has 10 heteroatoms. The van der Waals surface area contributed by atoms with Gasteiger partial charge in [-0.15, -0.1) is 0 Å². The van der Waals surface area contributed by atoms with Crippen LogP contribution in [0.5, 0.6) is 0 Å². The molecule has 6 atom stereocenters. The molecule has 0 aliphatic carbocycles. The fraction of sp³-hybridized carbons (Fsp3) is 0.750. The molecule has 0 N–H and O–H groups in total. The van der Waals surface area contributed by atoms with Gasteiger partial charge in [-0.1, -0.05) is 0 Å². The van der Waals surface area contributed by atoms with E-state index in [0.717, 1.165) is 0 Å². The zero-order valence-corrected chi connectivity index (χ0v) is 8.44. The largest absolute Gasteiger partial charge is 0.241 e. The van der Waals surface area contributed by atoms with Crippen molar-refractivity contribution >= 4 is 12.2 Å². The van der Waals surface area contributed by atoms with Crippen molar-refractivity contribution in [3.63, 3.8) is 0 Å². The van der Waals surface area contributed by atoms with E-state index in [0.29, 0.717) is 12.2 Å². The molecule has 0 amide bonds. The molecule has 0 radical (unpaired) electrons. The lowest BCUT2D eigenvalue weighted by Gasteiger charge is -2.20. The number of carbonyl (C=O) groups excluding carboxylic acids is 2. The summed E-state index contributed by atoms with van der Waals surface area (Å²) in [6.45, 7) is 0. The van der Waals surface area contributed by atoms with Crippen LogP contribution in [-0.2, 0) is 9.59 Å². The van der Waals surface area contributed by atoms with E-state index >= 15 is 0 Å². The van der Waals surface area contributed by atoms with Gasteiger partial charge in [-0.2, -0.15) is 9.98 Å². The van der Waals surface area contributed by atoms with Gasteiger partial charge in [-0.25, -0.2) is 35.9 Å². The summed E-state index contributed by atoms with van der Waals surface area (Å²) in [4.78, 5) is 23.3. The molecule has 0 fully saturated rings. The van der Waals surface area contributed by atoms with Gasteiger partial charge >= 0.3 is 0 Å². The molecule has 0 spiro atoms. The normalized spacial score (nSPS) is 20.6. The Balaban J connectivity index is 4.71. The Morgan fingerprint density at radius 3 is 1.11 bits per heavy atom. The molecule has 0 aromatic rings. The first kappa shape index (κ1) is 16.3. The highest BCUT2D eigenvalue weighted by Crippen LogP contribution is 2.24. The van der Waals surface area contributed by atoms with Gasteiger partial charge in [0.1, 0.15) is 0 Å². The van der Waals surface area contributed by atoms with Crippen LogP contribution in [0.1, 0.15) is 0 Å². The van der Waals surface area contributed by atoms with E-state index in [1.807, 2.05) is 0 Å². The average molecular weight is 276 g/mol. The van der Waals surface area contributed by atoms with Crippen LogP contribution in [0.2, 0.25) is 0 Å². The first-order valence-electron chi connectivity index (χ1n) is 4.35. The SMILES string of the molecule is O=C=NC(F)C(F)C(F)C(F)C(F)C(F)N=C=O. The average Bonchev–Trinajstić information content (AvgIpc) is 2.35. The summed E-state index contributed by atoms with van der Waals surface area (Å²) >= 11 is 0. The monoisotopic (exact) mass is 276 g/mol. The second-order valence-electron chi connectivity index (χ2n) is 2.96. The Morgan fingerprint density at radius 1 is 0.611 bits per heavy atom. The van der Waals surface area contributed by atoms with Crippen molar-refractivity contribution in [2.75, 3.05) is 0 Å². The van der Waals surface area contributed by atoms with Crippen LogP contribution in [0.15, 0.2) is 9.98 Å². The molecule has 0 heterocycles. The summed E-state index contributed by atoms with van der Waals surface area (Å²) in [5.74, 6) is 0. The Morgan fingerprint density at radius 2 is 0.889 bits per heavy atom. The lowest BCUT2D eigenvalue weighted by Crippen LogP contribution is -2.42. The number of nitrogens with zero attached hydrogens (tertiary/aromatic N) is 2. The van der Waals surface area contributed by atoms with E-state index in [-0.39, 0.29) is 0 Å². The summed E-state index contributed by atoms with van der Waals surface area (Å²) in [5, 5.41) is 0. The molecule has 102 valence electrons. The second-order valence-corrected chi connectivity index (χ2v) is 2.96. The van der Waals surface area contributed by atoms with E-state index < -0.39 is 37.3 Å². The number of halogens is 6. The Hall–Kier alpha value is -1.66. The van der Waals surface area contributed by atoms with Crippen molar-refractivity contribution in [2.45, 2.75) is 37.3 Å². The van der Waals surface area contributed by atoms with Crippen molar-refractivity contribution in [3.05, 3.63) is 0 Å². The molecule has 0 aromatic carbocycles. The predicted octanol–water partition coefficient (Wildman–Crippen LogP) is 1.60. The first-order valence-corrected chi connectivity index (χ1v) is 4.35. The smallest absolute Gasteiger partial charge is 0.238 e. The molecule has 6 unspecified atom stereocenters. The van der Waals surface area contributed by atoms with Crippen molar-refractivity contribution in [3.8, 4) is 0 Å². The molecule has 0 aromatic heterocycles. The Bertz CT molecular complexity index is 323. The molecule has 0 saturated heterocycles. The molecular formula is C8H6F6N2O2. The number of hydrogen-bond donors (Lipinski definition) is 0. The van der Waals surface area contributed by atoms with Gasteiger partial charge in [-0.05, 0) is 0 Å². The molecule has 4 nitrogen and oxygen atoms in total. The minimum Gasteiger partial charge on any atom is -0.241 e. The minimum atomic E-state index is -3.44. The van der Waals surface area contributed by atoms with E-state index in [4.69, 9.17) is 0 Å². The zero-order valence-electron chi connectivity index (χ0n) is 8.44. The second kappa shape index (κ2) is 7.62. The number of rotatable bonds is 7. The Labute approximate surface area is 96.4 Å². The van der Waals surface area contributed by atoms with E-state index in [1.54, 1.807) is 0 Å². The molecule has 0 bridgehead atoms. The predicted molar refractivity (Wildman–Crippen MR) is 45.6 cm³/mol. The van der Waals surface area contributed by atoms with Crippen LogP contribution in [-0.4, -0.2) is 49.4 Å². The molecular weight excluding hydrogens is 270 g/mol. The summed E-state index contributed by atoms with van der Waals surface area (Å²) in [6, 6.07) is 0. The van der Waals surface area contributed by atoms with E-state index in [2.05, 4.69) is 9.98 Å². The third-order valence-electron chi connectivity index (χ3n) is 1.79. The van der Waals surface area contributed by atoms with Crippen molar-refractivity contribution < 1.29 is 35.9 Å². The third kappa shape index (κ3) is 4.31. The third-order valence-corrected chi connectivity index (χ3v) is 1.79. The first-order chi connectivity index (χ1) is 8.36. The fourth-order valence-corrected chi connectivity index (χ4v) is 0.898. The maximum absolute atomic E-state index is 12.9. The number of isocyanates is 2. The lowest BCUT2D eigenvalue weighted by atomic mass is 10.1. The van der Waals surface area contributed by atoms with Crippen LogP contribution < -0.4 is 0 Å². The van der Waals surface area contributed by atoms with Crippen LogP contribution in [0.25, 0.3) is 0 Å². The summed E-state index contributed by atoms with van der Waals surface area (Å²) < 4.78 is 76.3. The van der Waals surface area contributed by atoms with Gasteiger partial charge in [0.05, 0.1) is 0 Å².